The van der Waals surface area contributed by atoms with E-state index >= 15 is 0 Å². The zero-order chi connectivity index (χ0) is 12.9. The molecule has 4 heteroatoms. The Balaban J connectivity index is 1.75. The Kier molecular flexibility index (Phi) is 2.50. The van der Waals surface area contributed by atoms with Crippen LogP contribution in [0.4, 0.5) is 0 Å². The molecule has 1 aliphatic carbocycles. The fourth-order valence-corrected chi connectivity index (χ4v) is 4.21. The molecule has 4 aliphatic rings. The van der Waals surface area contributed by atoms with Crippen molar-refractivity contribution in [2.75, 3.05) is 13.2 Å². The van der Waals surface area contributed by atoms with Crippen LogP contribution in [0.15, 0.2) is 36.4 Å². The number of hydrogen-bond acceptors (Lipinski definition) is 4. The summed E-state index contributed by atoms with van der Waals surface area (Å²) in [4.78, 5) is 0. The van der Waals surface area contributed by atoms with Crippen molar-refractivity contribution in [2.24, 2.45) is 17.8 Å². The maximum atomic E-state index is 10.2. The van der Waals surface area contributed by atoms with Gasteiger partial charge in [0.2, 0.25) is 0 Å². The molecule has 3 aliphatic heterocycles. The molecule has 0 aromatic carbocycles. The molecule has 0 saturated carbocycles. The van der Waals surface area contributed by atoms with E-state index < -0.39 is 0 Å². The van der Waals surface area contributed by atoms with Crippen molar-refractivity contribution >= 4 is 0 Å². The minimum absolute atomic E-state index is 0.328. The van der Waals surface area contributed by atoms with E-state index in [-0.39, 0.29) is 5.60 Å². The number of allylic oxidation sites excluding steroid dienone is 2. The lowest BCUT2D eigenvalue weighted by Gasteiger charge is -2.46. The van der Waals surface area contributed by atoms with Crippen LogP contribution in [0.25, 0.3) is 0 Å². The Morgan fingerprint density at radius 3 is 3.00 bits per heavy atom. The van der Waals surface area contributed by atoms with Crippen LogP contribution in [0.3, 0.4) is 0 Å². The molecular formula is C15H19NO3. The van der Waals surface area contributed by atoms with Gasteiger partial charge in [-0.05, 0) is 31.4 Å². The fourth-order valence-electron chi connectivity index (χ4n) is 4.21. The van der Waals surface area contributed by atoms with E-state index in [9.17, 15) is 5.21 Å². The van der Waals surface area contributed by atoms with Crippen LogP contribution >= 0.6 is 0 Å². The lowest BCUT2D eigenvalue weighted by atomic mass is 9.66. The van der Waals surface area contributed by atoms with Gasteiger partial charge in [-0.3, -0.25) is 10.3 Å². The van der Waals surface area contributed by atoms with Gasteiger partial charge in [-0.15, -0.1) is 0 Å². The van der Waals surface area contributed by atoms with Crippen molar-refractivity contribution in [1.82, 2.24) is 5.06 Å². The first-order valence-electron chi connectivity index (χ1n) is 7.11. The van der Waals surface area contributed by atoms with Crippen molar-refractivity contribution in [3.63, 3.8) is 0 Å². The standard InChI is InChI=1S/C15H19NO3/c17-16-9-11-10-19-15(5-7-18-8-6-15)14(11)12-3-1-2-4-13(12)16/h4-8,11-12,14,17H,1-3,9-10H2. The maximum Gasteiger partial charge on any atom is 0.115 e. The van der Waals surface area contributed by atoms with Gasteiger partial charge in [-0.2, -0.15) is 0 Å². The Bertz CT molecular complexity index is 456. The van der Waals surface area contributed by atoms with Gasteiger partial charge in [0, 0.05) is 23.5 Å². The number of fused-ring (bicyclic) bond motifs is 4. The van der Waals surface area contributed by atoms with Gasteiger partial charge in [0.05, 0.1) is 25.7 Å². The molecule has 4 nitrogen and oxygen atoms in total. The monoisotopic (exact) mass is 261 g/mol. The van der Waals surface area contributed by atoms with Crippen molar-refractivity contribution in [1.29, 1.82) is 0 Å². The molecule has 102 valence electrons. The van der Waals surface area contributed by atoms with Crippen LogP contribution < -0.4 is 0 Å². The molecule has 0 amide bonds. The van der Waals surface area contributed by atoms with E-state index in [0.29, 0.717) is 30.9 Å². The highest BCUT2D eigenvalue weighted by Crippen LogP contribution is 2.52. The van der Waals surface area contributed by atoms with Gasteiger partial charge in [0.15, 0.2) is 0 Å². The molecule has 0 bridgehead atoms. The molecule has 4 rings (SSSR count). The van der Waals surface area contributed by atoms with Gasteiger partial charge in [0.25, 0.3) is 0 Å². The summed E-state index contributed by atoms with van der Waals surface area (Å²) in [5, 5.41) is 11.6. The highest BCUT2D eigenvalue weighted by molar-refractivity contribution is 5.27. The first kappa shape index (κ1) is 11.6. The van der Waals surface area contributed by atoms with Crippen LogP contribution in [0, 0.1) is 17.8 Å². The van der Waals surface area contributed by atoms with Gasteiger partial charge < -0.3 is 9.47 Å². The summed E-state index contributed by atoms with van der Waals surface area (Å²) in [7, 11) is 0. The normalized spacial score (nSPS) is 38.7. The van der Waals surface area contributed by atoms with Crippen LogP contribution in [0.5, 0.6) is 0 Å². The summed E-state index contributed by atoms with van der Waals surface area (Å²) in [6, 6.07) is 0. The fraction of sp³-hybridized carbons (Fsp3) is 0.600. The topological polar surface area (TPSA) is 41.9 Å². The lowest BCUT2D eigenvalue weighted by Crippen LogP contribution is -2.49. The summed E-state index contributed by atoms with van der Waals surface area (Å²) >= 11 is 0. The molecule has 0 radical (unpaired) electrons. The predicted molar refractivity (Wildman–Crippen MR) is 68.9 cm³/mol. The minimum Gasteiger partial charge on any atom is -0.473 e. The number of piperidine rings is 1. The molecule has 2 saturated heterocycles. The van der Waals surface area contributed by atoms with Crippen molar-refractivity contribution < 1.29 is 14.7 Å². The van der Waals surface area contributed by atoms with E-state index in [1.54, 1.807) is 12.5 Å². The first-order valence-corrected chi connectivity index (χ1v) is 7.11. The Morgan fingerprint density at radius 2 is 2.16 bits per heavy atom. The molecule has 2 fully saturated rings. The van der Waals surface area contributed by atoms with Crippen LogP contribution in [-0.2, 0) is 9.47 Å². The second-order valence-electron chi connectivity index (χ2n) is 5.94. The first-order chi connectivity index (χ1) is 9.30. The molecule has 0 aromatic heterocycles. The summed E-state index contributed by atoms with van der Waals surface area (Å²) in [5.41, 5.74) is 0.774. The third kappa shape index (κ3) is 1.60. The minimum atomic E-state index is -0.328. The van der Waals surface area contributed by atoms with Crippen molar-refractivity contribution in [3.05, 3.63) is 36.4 Å². The molecule has 0 aromatic rings. The van der Waals surface area contributed by atoms with E-state index in [2.05, 4.69) is 6.08 Å². The van der Waals surface area contributed by atoms with Gasteiger partial charge in [-0.1, -0.05) is 6.08 Å². The lowest BCUT2D eigenvalue weighted by molar-refractivity contribution is -0.110. The Hall–Kier alpha value is -1.26. The average Bonchev–Trinajstić information content (AvgIpc) is 2.79. The van der Waals surface area contributed by atoms with Crippen molar-refractivity contribution in [2.45, 2.75) is 24.9 Å². The molecule has 3 unspecified atom stereocenters. The SMILES string of the molecule is ON1CC2COC3(C=COC=C3)C2C2CCCC=C21. The Labute approximate surface area is 112 Å². The predicted octanol–water partition coefficient (Wildman–Crippen LogP) is 2.43. The molecule has 3 atom stereocenters. The number of nitrogens with zero attached hydrogens (tertiary/aromatic N) is 1. The molecule has 3 heterocycles. The van der Waals surface area contributed by atoms with Crippen LogP contribution in [0.2, 0.25) is 0 Å². The third-order valence-electron chi connectivity index (χ3n) is 4.98. The smallest absolute Gasteiger partial charge is 0.115 e. The van der Waals surface area contributed by atoms with Crippen molar-refractivity contribution in [3.8, 4) is 0 Å². The maximum absolute atomic E-state index is 10.2. The second-order valence-corrected chi connectivity index (χ2v) is 5.94. The highest BCUT2D eigenvalue weighted by Gasteiger charge is 2.55. The summed E-state index contributed by atoms with van der Waals surface area (Å²) in [6.45, 7) is 1.39. The molecule has 1 spiro atoms. The largest absolute Gasteiger partial charge is 0.473 e. The number of hydrogen-bond donors (Lipinski definition) is 1. The average molecular weight is 261 g/mol. The number of rotatable bonds is 0. The molecular weight excluding hydrogens is 242 g/mol. The zero-order valence-corrected chi connectivity index (χ0v) is 10.9. The summed E-state index contributed by atoms with van der Waals surface area (Å²) in [5.74, 6) is 1.20. The number of ether oxygens (including phenoxy) is 2. The zero-order valence-electron chi connectivity index (χ0n) is 10.9. The van der Waals surface area contributed by atoms with E-state index in [4.69, 9.17) is 9.47 Å². The van der Waals surface area contributed by atoms with E-state index in [1.807, 2.05) is 12.2 Å². The van der Waals surface area contributed by atoms with Gasteiger partial charge >= 0.3 is 0 Å². The quantitative estimate of drug-likeness (QED) is 0.727. The molecule has 1 N–H and O–H groups in total. The third-order valence-corrected chi connectivity index (χ3v) is 4.98. The Morgan fingerprint density at radius 1 is 1.32 bits per heavy atom. The van der Waals surface area contributed by atoms with Gasteiger partial charge in [0.1, 0.15) is 5.60 Å². The summed E-state index contributed by atoms with van der Waals surface area (Å²) in [6.07, 6.45) is 13.1. The van der Waals surface area contributed by atoms with Gasteiger partial charge in [-0.25, -0.2) is 0 Å². The second kappa shape index (κ2) is 4.12. The van der Waals surface area contributed by atoms with Crippen LogP contribution in [-0.4, -0.2) is 29.0 Å². The number of hydroxylamine groups is 2. The van der Waals surface area contributed by atoms with E-state index in [1.165, 1.54) is 11.5 Å². The van der Waals surface area contributed by atoms with E-state index in [0.717, 1.165) is 18.5 Å². The summed E-state index contributed by atoms with van der Waals surface area (Å²) < 4.78 is 11.3. The van der Waals surface area contributed by atoms with Crippen LogP contribution in [0.1, 0.15) is 19.3 Å². The molecule has 19 heavy (non-hydrogen) atoms. The highest BCUT2D eigenvalue weighted by atomic mass is 16.5.